The smallest absolute Gasteiger partial charge is 0.320 e. The molecule has 5 nitrogen and oxygen atoms in total. The van der Waals surface area contributed by atoms with Gasteiger partial charge in [-0.05, 0) is 13.8 Å². The predicted molar refractivity (Wildman–Crippen MR) is 63.4 cm³/mol. The standard InChI is InChI=1S/C11H23N3O2/c1-3-13(4-2)11(16)14-7-5-12(6-8-14)9-10-15/h15H,3-10H2,1-2H3. The van der Waals surface area contributed by atoms with Crippen LogP contribution in [0, 0.1) is 0 Å². The lowest BCUT2D eigenvalue weighted by Gasteiger charge is -2.36. The van der Waals surface area contributed by atoms with Gasteiger partial charge in [-0.3, -0.25) is 4.90 Å². The highest BCUT2D eigenvalue weighted by atomic mass is 16.3. The Balaban J connectivity index is 2.38. The van der Waals surface area contributed by atoms with Crippen LogP contribution in [-0.2, 0) is 0 Å². The molecule has 0 radical (unpaired) electrons. The molecule has 0 saturated carbocycles. The van der Waals surface area contributed by atoms with E-state index in [1.165, 1.54) is 0 Å². The number of hydrogen-bond donors (Lipinski definition) is 1. The molecule has 0 bridgehead atoms. The first-order chi connectivity index (χ1) is 7.72. The number of β-amino-alcohol motifs (C(OH)–C–C–N with tert-alkyl or cyclic N) is 1. The summed E-state index contributed by atoms with van der Waals surface area (Å²) in [5.41, 5.74) is 0. The number of carbonyl (C=O) groups is 1. The third-order valence-electron chi connectivity index (χ3n) is 3.09. The number of amides is 2. The molecule has 2 amide bonds. The van der Waals surface area contributed by atoms with Crippen molar-refractivity contribution in [2.45, 2.75) is 13.8 Å². The average molecular weight is 229 g/mol. The van der Waals surface area contributed by atoms with Crippen LogP contribution in [0.1, 0.15) is 13.8 Å². The van der Waals surface area contributed by atoms with E-state index < -0.39 is 0 Å². The van der Waals surface area contributed by atoms with Crippen molar-refractivity contribution in [3.8, 4) is 0 Å². The van der Waals surface area contributed by atoms with E-state index in [1.807, 2.05) is 23.6 Å². The molecule has 1 fully saturated rings. The van der Waals surface area contributed by atoms with Crippen molar-refractivity contribution in [2.75, 3.05) is 52.4 Å². The number of piperazine rings is 1. The quantitative estimate of drug-likeness (QED) is 0.741. The number of urea groups is 1. The summed E-state index contributed by atoms with van der Waals surface area (Å²) in [5.74, 6) is 0. The summed E-state index contributed by atoms with van der Waals surface area (Å²) in [6.45, 7) is 9.74. The zero-order chi connectivity index (χ0) is 12.0. The molecule has 0 atom stereocenters. The van der Waals surface area contributed by atoms with Gasteiger partial charge in [0.1, 0.15) is 0 Å². The van der Waals surface area contributed by atoms with Crippen LogP contribution in [0.5, 0.6) is 0 Å². The van der Waals surface area contributed by atoms with Crippen molar-refractivity contribution in [1.82, 2.24) is 14.7 Å². The molecule has 0 aromatic rings. The molecule has 94 valence electrons. The lowest BCUT2D eigenvalue weighted by atomic mass is 10.3. The fraction of sp³-hybridized carbons (Fsp3) is 0.909. The van der Waals surface area contributed by atoms with E-state index in [0.717, 1.165) is 39.3 Å². The summed E-state index contributed by atoms with van der Waals surface area (Å²) in [5, 5.41) is 8.83. The van der Waals surface area contributed by atoms with Crippen LogP contribution in [0.25, 0.3) is 0 Å². The summed E-state index contributed by atoms with van der Waals surface area (Å²) in [6, 6.07) is 0.147. The highest BCUT2D eigenvalue weighted by Gasteiger charge is 2.23. The maximum atomic E-state index is 12.0. The topological polar surface area (TPSA) is 47.0 Å². The molecular formula is C11H23N3O2. The minimum atomic E-state index is 0.147. The normalized spacial score (nSPS) is 17.6. The second-order valence-electron chi connectivity index (χ2n) is 4.01. The lowest BCUT2D eigenvalue weighted by Crippen LogP contribution is -2.53. The predicted octanol–water partition coefficient (Wildman–Crippen LogP) is 0.0581. The van der Waals surface area contributed by atoms with Crippen molar-refractivity contribution in [3.63, 3.8) is 0 Å². The number of carbonyl (C=O) groups excluding carboxylic acids is 1. The number of aliphatic hydroxyl groups excluding tert-OH is 1. The molecule has 0 aromatic carbocycles. The molecule has 0 aliphatic carbocycles. The molecule has 16 heavy (non-hydrogen) atoms. The van der Waals surface area contributed by atoms with Gasteiger partial charge in [0.2, 0.25) is 0 Å². The van der Waals surface area contributed by atoms with E-state index in [-0.39, 0.29) is 12.6 Å². The fourth-order valence-electron chi connectivity index (χ4n) is 2.00. The minimum Gasteiger partial charge on any atom is -0.395 e. The van der Waals surface area contributed by atoms with Gasteiger partial charge >= 0.3 is 6.03 Å². The molecular weight excluding hydrogens is 206 g/mol. The maximum absolute atomic E-state index is 12.0. The van der Waals surface area contributed by atoms with Gasteiger partial charge in [0.25, 0.3) is 0 Å². The van der Waals surface area contributed by atoms with Crippen molar-refractivity contribution in [2.24, 2.45) is 0 Å². The van der Waals surface area contributed by atoms with E-state index >= 15 is 0 Å². The molecule has 0 aromatic heterocycles. The second kappa shape index (κ2) is 6.70. The monoisotopic (exact) mass is 229 g/mol. The van der Waals surface area contributed by atoms with Crippen LogP contribution in [0.4, 0.5) is 4.79 Å². The van der Waals surface area contributed by atoms with Gasteiger partial charge in [0, 0.05) is 45.8 Å². The highest BCUT2D eigenvalue weighted by Crippen LogP contribution is 2.05. The zero-order valence-electron chi connectivity index (χ0n) is 10.4. The third kappa shape index (κ3) is 3.35. The summed E-state index contributed by atoms with van der Waals surface area (Å²) in [7, 11) is 0. The maximum Gasteiger partial charge on any atom is 0.320 e. The first-order valence-electron chi connectivity index (χ1n) is 6.10. The summed E-state index contributed by atoms with van der Waals surface area (Å²) >= 11 is 0. The van der Waals surface area contributed by atoms with Gasteiger partial charge < -0.3 is 14.9 Å². The molecule has 1 N–H and O–H groups in total. The first-order valence-corrected chi connectivity index (χ1v) is 6.10. The Hall–Kier alpha value is -0.810. The summed E-state index contributed by atoms with van der Waals surface area (Å²) in [4.78, 5) is 17.9. The van der Waals surface area contributed by atoms with Crippen LogP contribution in [-0.4, -0.2) is 78.3 Å². The molecule has 1 aliphatic rings. The van der Waals surface area contributed by atoms with E-state index in [2.05, 4.69) is 4.90 Å². The SMILES string of the molecule is CCN(CC)C(=O)N1CCN(CCO)CC1. The Morgan fingerprint density at radius 3 is 2.19 bits per heavy atom. The molecule has 1 saturated heterocycles. The van der Waals surface area contributed by atoms with Crippen molar-refractivity contribution in [1.29, 1.82) is 0 Å². The second-order valence-corrected chi connectivity index (χ2v) is 4.01. The lowest BCUT2D eigenvalue weighted by molar-refractivity contribution is 0.104. The van der Waals surface area contributed by atoms with Gasteiger partial charge in [-0.15, -0.1) is 0 Å². The summed E-state index contributed by atoms with van der Waals surface area (Å²) in [6.07, 6.45) is 0. The van der Waals surface area contributed by atoms with E-state index in [9.17, 15) is 4.79 Å². The fourth-order valence-corrected chi connectivity index (χ4v) is 2.00. The van der Waals surface area contributed by atoms with Crippen LogP contribution in [0.3, 0.4) is 0 Å². The van der Waals surface area contributed by atoms with E-state index in [1.54, 1.807) is 0 Å². The minimum absolute atomic E-state index is 0.147. The van der Waals surface area contributed by atoms with Crippen LogP contribution < -0.4 is 0 Å². The Labute approximate surface area is 97.6 Å². The molecule has 0 unspecified atom stereocenters. The molecule has 1 rings (SSSR count). The number of nitrogens with zero attached hydrogens (tertiary/aromatic N) is 3. The van der Waals surface area contributed by atoms with Crippen molar-refractivity contribution in [3.05, 3.63) is 0 Å². The molecule has 5 heteroatoms. The Bertz CT molecular complexity index is 211. The van der Waals surface area contributed by atoms with Gasteiger partial charge in [0.05, 0.1) is 6.61 Å². The highest BCUT2D eigenvalue weighted by molar-refractivity contribution is 5.74. The molecule has 1 aliphatic heterocycles. The van der Waals surface area contributed by atoms with Crippen LogP contribution in [0.15, 0.2) is 0 Å². The zero-order valence-corrected chi connectivity index (χ0v) is 10.4. The van der Waals surface area contributed by atoms with E-state index in [4.69, 9.17) is 5.11 Å². The third-order valence-corrected chi connectivity index (χ3v) is 3.09. The van der Waals surface area contributed by atoms with Crippen molar-refractivity contribution >= 4 is 6.03 Å². The molecule has 1 heterocycles. The van der Waals surface area contributed by atoms with Crippen LogP contribution >= 0.6 is 0 Å². The number of rotatable bonds is 4. The van der Waals surface area contributed by atoms with Crippen molar-refractivity contribution < 1.29 is 9.90 Å². The molecule has 0 spiro atoms. The number of aliphatic hydroxyl groups is 1. The van der Waals surface area contributed by atoms with E-state index in [0.29, 0.717) is 6.54 Å². The largest absolute Gasteiger partial charge is 0.395 e. The number of hydrogen-bond acceptors (Lipinski definition) is 3. The Kier molecular flexibility index (Phi) is 5.55. The Morgan fingerprint density at radius 1 is 1.19 bits per heavy atom. The van der Waals surface area contributed by atoms with Gasteiger partial charge in [0.15, 0.2) is 0 Å². The van der Waals surface area contributed by atoms with Gasteiger partial charge in [-0.1, -0.05) is 0 Å². The summed E-state index contributed by atoms with van der Waals surface area (Å²) < 4.78 is 0. The van der Waals surface area contributed by atoms with Gasteiger partial charge in [-0.2, -0.15) is 0 Å². The van der Waals surface area contributed by atoms with Gasteiger partial charge in [-0.25, -0.2) is 4.79 Å². The Morgan fingerprint density at radius 2 is 1.75 bits per heavy atom. The van der Waals surface area contributed by atoms with Crippen LogP contribution in [0.2, 0.25) is 0 Å². The average Bonchev–Trinajstić information content (AvgIpc) is 2.32. The first kappa shape index (κ1) is 13.3.